The van der Waals surface area contributed by atoms with Gasteiger partial charge in [-0.25, -0.2) is 0 Å². The van der Waals surface area contributed by atoms with Gasteiger partial charge in [0.05, 0.1) is 18.3 Å². The maximum Gasteiger partial charge on any atom is 0.264 e. The highest BCUT2D eigenvalue weighted by molar-refractivity contribution is 9.10. The van der Waals surface area contributed by atoms with Crippen LogP contribution in [-0.2, 0) is 26.5 Å². The lowest BCUT2D eigenvalue weighted by Gasteiger charge is -2.31. The second kappa shape index (κ2) is 9.35. The van der Waals surface area contributed by atoms with Gasteiger partial charge in [0.1, 0.15) is 0 Å². The second-order valence-corrected chi connectivity index (χ2v) is 15.4. The highest BCUT2D eigenvalue weighted by atomic mass is 79.9. The van der Waals surface area contributed by atoms with Gasteiger partial charge < -0.3 is 23.8 Å². The number of hydrogen-bond donors (Lipinski definition) is 1. The summed E-state index contributed by atoms with van der Waals surface area (Å²) in [6.07, 6.45) is 1.22. The van der Waals surface area contributed by atoms with Gasteiger partial charge in [-0.2, -0.15) is 0 Å². The van der Waals surface area contributed by atoms with Crippen molar-refractivity contribution in [3.05, 3.63) is 58.1 Å². The molecule has 36 heavy (non-hydrogen) atoms. The fraction of sp³-hybridized carbons (Fsp3) is 0.481. The van der Waals surface area contributed by atoms with Crippen LogP contribution in [0.4, 0.5) is 15.5 Å². The zero-order valence-corrected chi connectivity index (χ0v) is 23.4. The molecule has 6 nitrogen and oxygen atoms in total. The highest BCUT2D eigenvalue weighted by Gasteiger charge is 2.66. The molecule has 1 spiro atoms. The van der Waals surface area contributed by atoms with E-state index >= 15 is 4.11 Å². The molecule has 0 unspecified atom stereocenters. The van der Waals surface area contributed by atoms with Crippen molar-refractivity contribution in [1.29, 1.82) is 0 Å². The normalized spacial score (nSPS) is 28.0. The molecule has 2 aromatic rings. The monoisotopic (exact) mass is 574 g/mol. The topological polar surface area (TPSA) is 70.1 Å². The lowest BCUT2D eigenvalue weighted by Crippen LogP contribution is -2.45. The molecule has 0 aliphatic carbocycles. The van der Waals surface area contributed by atoms with Gasteiger partial charge in [-0.05, 0) is 61.8 Å². The van der Waals surface area contributed by atoms with E-state index in [0.717, 1.165) is 39.9 Å². The van der Waals surface area contributed by atoms with Gasteiger partial charge in [-0.1, -0.05) is 35.0 Å². The molecule has 0 radical (unpaired) electrons. The van der Waals surface area contributed by atoms with Crippen molar-refractivity contribution in [2.75, 3.05) is 23.0 Å². The highest BCUT2D eigenvalue weighted by Crippen LogP contribution is 2.60. The molecule has 2 amide bonds. The van der Waals surface area contributed by atoms with Gasteiger partial charge in [0, 0.05) is 46.8 Å². The van der Waals surface area contributed by atoms with Crippen LogP contribution in [0.25, 0.3) is 0 Å². The number of nitrogens with zero attached hydrogens (tertiary/aromatic N) is 2. The summed E-state index contributed by atoms with van der Waals surface area (Å²) < 4.78 is 23.0. The molecule has 3 heterocycles. The van der Waals surface area contributed by atoms with E-state index in [1.807, 2.05) is 49.4 Å². The molecule has 0 aromatic heterocycles. The van der Waals surface area contributed by atoms with Crippen LogP contribution in [0.2, 0.25) is 18.6 Å². The fourth-order valence-corrected chi connectivity index (χ4v) is 9.36. The van der Waals surface area contributed by atoms with Crippen molar-refractivity contribution in [1.82, 2.24) is 0 Å². The van der Waals surface area contributed by atoms with E-state index in [1.165, 1.54) is 0 Å². The van der Waals surface area contributed by atoms with E-state index in [0.29, 0.717) is 19.4 Å². The summed E-state index contributed by atoms with van der Waals surface area (Å²) >= 11 is 3.54. The molecule has 0 saturated carbocycles. The zero-order valence-electron chi connectivity index (χ0n) is 20.8. The Kier molecular flexibility index (Phi) is 6.64. The summed E-state index contributed by atoms with van der Waals surface area (Å²) in [4.78, 5) is 29.9. The number of halogens is 2. The summed E-state index contributed by atoms with van der Waals surface area (Å²) in [5, 5.41) is 9.68. The molecule has 3 aliphatic heterocycles. The van der Waals surface area contributed by atoms with Gasteiger partial charge in [-0.15, -0.1) is 0 Å². The molecule has 2 aromatic carbocycles. The first-order valence-electron chi connectivity index (χ1n) is 12.6. The van der Waals surface area contributed by atoms with E-state index in [9.17, 15) is 14.7 Å². The summed E-state index contributed by atoms with van der Waals surface area (Å²) in [5.41, 5.74) is 1.60. The summed E-state index contributed by atoms with van der Waals surface area (Å²) in [5.74, 6) is -0.432. The summed E-state index contributed by atoms with van der Waals surface area (Å²) in [6, 6.07) is 13.5. The van der Waals surface area contributed by atoms with Crippen LogP contribution < -0.4 is 9.80 Å². The maximum absolute atomic E-state index is 15.6. The first kappa shape index (κ1) is 25.6. The first-order chi connectivity index (χ1) is 17.1. The van der Waals surface area contributed by atoms with Crippen molar-refractivity contribution in [3.63, 3.8) is 0 Å². The number of rotatable bonds is 6. The largest absolute Gasteiger partial charge is 0.396 e. The molecule has 5 rings (SSSR count). The van der Waals surface area contributed by atoms with Crippen LogP contribution in [0.15, 0.2) is 46.9 Å². The number of carbonyl (C=O) groups excluding carboxylic acids is 2. The summed E-state index contributed by atoms with van der Waals surface area (Å²) in [7, 11) is -3.22. The molecule has 2 saturated heterocycles. The Morgan fingerprint density at radius 1 is 1.19 bits per heavy atom. The number of carbonyl (C=O) groups is 2. The molecule has 0 bridgehead atoms. The van der Waals surface area contributed by atoms with E-state index in [2.05, 4.69) is 15.9 Å². The third-order valence-electron chi connectivity index (χ3n) is 8.00. The van der Waals surface area contributed by atoms with Gasteiger partial charge in [0.15, 0.2) is 5.60 Å². The molecule has 192 valence electrons. The molecule has 3 aliphatic rings. The van der Waals surface area contributed by atoms with E-state index < -0.39 is 25.7 Å². The average molecular weight is 576 g/mol. The first-order valence-corrected chi connectivity index (χ1v) is 16.3. The van der Waals surface area contributed by atoms with Gasteiger partial charge >= 0.3 is 0 Å². The Morgan fingerprint density at radius 3 is 2.53 bits per heavy atom. The predicted octanol–water partition coefficient (Wildman–Crippen LogP) is 5.28. The van der Waals surface area contributed by atoms with Crippen molar-refractivity contribution >= 4 is 47.5 Å². The van der Waals surface area contributed by atoms with E-state index in [1.54, 1.807) is 22.9 Å². The SMILES string of the molecule is C[C@@H]1[C@@H]([Si](C)(C)F)[C@H](CCO)O[C@@]12C(=O)N(Cc1ccc(N3CCCC3=O)cc1)c1ccc(Br)cc12. The van der Waals surface area contributed by atoms with Crippen molar-refractivity contribution < 1.29 is 23.5 Å². The van der Waals surface area contributed by atoms with Crippen molar-refractivity contribution in [2.24, 2.45) is 5.92 Å². The number of aliphatic hydroxyl groups is 1. The van der Waals surface area contributed by atoms with Crippen LogP contribution in [0.5, 0.6) is 0 Å². The number of ether oxygens (including phenoxy) is 1. The maximum atomic E-state index is 15.6. The van der Waals surface area contributed by atoms with E-state index in [4.69, 9.17) is 4.74 Å². The van der Waals surface area contributed by atoms with Crippen molar-refractivity contribution in [2.45, 2.75) is 63.1 Å². The minimum Gasteiger partial charge on any atom is -0.396 e. The van der Waals surface area contributed by atoms with Crippen LogP contribution in [0.1, 0.15) is 37.3 Å². The van der Waals surface area contributed by atoms with Gasteiger partial charge in [-0.3, -0.25) is 9.59 Å². The number of hydrogen-bond acceptors (Lipinski definition) is 4. The van der Waals surface area contributed by atoms with Crippen LogP contribution in [0, 0.1) is 5.92 Å². The third-order valence-corrected chi connectivity index (χ3v) is 10.9. The molecule has 9 heteroatoms. The second-order valence-electron chi connectivity index (χ2n) is 10.7. The third kappa shape index (κ3) is 4.04. The number of amides is 2. The Morgan fingerprint density at radius 2 is 1.92 bits per heavy atom. The number of benzene rings is 2. The van der Waals surface area contributed by atoms with E-state index in [-0.39, 0.29) is 24.3 Å². The molecular formula is C27H32BrFN2O4Si. The van der Waals surface area contributed by atoms with Gasteiger partial charge in [0.25, 0.3) is 5.91 Å². The van der Waals surface area contributed by atoms with Crippen LogP contribution >= 0.6 is 15.9 Å². The van der Waals surface area contributed by atoms with Crippen LogP contribution in [0.3, 0.4) is 0 Å². The molecule has 4 atom stereocenters. The van der Waals surface area contributed by atoms with Crippen molar-refractivity contribution in [3.8, 4) is 0 Å². The Bertz CT molecular complexity index is 1190. The minimum atomic E-state index is -3.22. The Hall–Kier alpha value is -2.07. The fourth-order valence-electron chi connectivity index (χ4n) is 6.46. The predicted molar refractivity (Wildman–Crippen MR) is 143 cm³/mol. The zero-order chi connectivity index (χ0) is 25.8. The molecule has 1 N–H and O–H groups in total. The number of anilines is 2. The number of fused-ring (bicyclic) bond motifs is 2. The van der Waals surface area contributed by atoms with Gasteiger partial charge in [0.2, 0.25) is 14.3 Å². The Labute approximate surface area is 220 Å². The number of aliphatic hydroxyl groups excluding tert-OH is 1. The lowest BCUT2D eigenvalue weighted by molar-refractivity contribution is -0.146. The van der Waals surface area contributed by atoms with Crippen LogP contribution in [-0.4, -0.2) is 44.6 Å². The average Bonchev–Trinajstić information content (AvgIpc) is 3.44. The Balaban J connectivity index is 1.50. The molecule has 2 fully saturated rings. The lowest BCUT2D eigenvalue weighted by atomic mass is 9.82. The molecular weight excluding hydrogens is 543 g/mol. The minimum absolute atomic E-state index is 0.121. The quantitative estimate of drug-likeness (QED) is 0.376. The summed E-state index contributed by atoms with van der Waals surface area (Å²) in [6.45, 7) is 6.19. The standard InChI is InChI=1S/C27H32BrFN2O4Si/c1-17-25(36(2,3)29)23(12-14-32)35-27(17)21-15-19(28)8-11-22(21)31(26(27)34)16-18-6-9-20(10-7-18)30-13-4-5-24(30)33/h6-11,15,17,23,25,32H,4-5,12-14,16H2,1-3H3/t17-,23+,25-,27+/m1/s1. The smallest absolute Gasteiger partial charge is 0.264 e.